The molecule has 26 heavy (non-hydrogen) atoms. The lowest BCUT2D eigenvalue weighted by molar-refractivity contribution is -0.113. The first-order chi connectivity index (χ1) is 12.5. The predicted octanol–water partition coefficient (Wildman–Crippen LogP) is 4.74. The van der Waals surface area contributed by atoms with E-state index in [0.717, 1.165) is 11.1 Å². The molecule has 0 unspecified atom stereocenters. The number of carbonyl (C=O) groups is 2. The topological polar surface area (TPSA) is 57.6 Å². The molecule has 4 nitrogen and oxygen atoms in total. The number of amides is 1. The molecule has 6 heteroatoms. The zero-order chi connectivity index (χ0) is 18.7. The molecule has 1 aliphatic heterocycles. The summed E-state index contributed by atoms with van der Waals surface area (Å²) in [5.41, 5.74) is 2.54. The van der Waals surface area contributed by atoms with Crippen molar-refractivity contribution in [3.63, 3.8) is 0 Å². The first-order valence-corrected chi connectivity index (χ1v) is 9.03. The van der Waals surface area contributed by atoms with Crippen LogP contribution in [0.25, 0.3) is 6.08 Å². The molecule has 1 saturated heterocycles. The second kappa shape index (κ2) is 7.68. The van der Waals surface area contributed by atoms with Crippen LogP contribution in [0.2, 0.25) is 0 Å². The highest BCUT2D eigenvalue weighted by Gasteiger charge is 2.33. The molecule has 1 N–H and O–H groups in total. The first kappa shape index (κ1) is 18.1. The Bertz CT molecular complexity index is 949. The second-order valence-electron chi connectivity index (χ2n) is 5.67. The maximum Gasteiger partial charge on any atom is 0.335 e. The van der Waals surface area contributed by atoms with Crippen molar-refractivity contribution >= 4 is 51.9 Å². The number of thiocarbonyl (C=S) groups is 1. The molecular weight excluding hydrogens is 366 g/mol. The highest BCUT2D eigenvalue weighted by molar-refractivity contribution is 8.27. The summed E-state index contributed by atoms with van der Waals surface area (Å²) in [7, 11) is 0. The quantitative estimate of drug-likeness (QED) is 0.612. The summed E-state index contributed by atoms with van der Waals surface area (Å²) >= 11 is 6.54. The third-order valence-corrected chi connectivity index (χ3v) is 5.00. The highest BCUT2D eigenvalue weighted by atomic mass is 32.2. The van der Waals surface area contributed by atoms with Gasteiger partial charge in [0, 0.05) is 0 Å². The standard InChI is InChI=1S/C20H15NO3S2/c1-13(10-14-6-3-2-4-7-14)11-17-18(22)21(20(25)26-17)16-9-5-8-15(12-16)19(23)24/h2-12H,1H3,(H,23,24)/b13-10-,17-11+. The number of rotatable bonds is 4. The zero-order valence-electron chi connectivity index (χ0n) is 13.9. The van der Waals surface area contributed by atoms with Gasteiger partial charge < -0.3 is 5.11 Å². The van der Waals surface area contributed by atoms with E-state index in [1.54, 1.807) is 18.2 Å². The van der Waals surface area contributed by atoms with Gasteiger partial charge in [-0.05, 0) is 42.3 Å². The fourth-order valence-corrected chi connectivity index (χ4v) is 3.88. The molecule has 2 aromatic carbocycles. The lowest BCUT2D eigenvalue weighted by Crippen LogP contribution is -2.27. The van der Waals surface area contributed by atoms with Crippen LogP contribution >= 0.6 is 24.0 Å². The highest BCUT2D eigenvalue weighted by Crippen LogP contribution is 2.35. The number of allylic oxidation sites excluding steroid dienone is 2. The van der Waals surface area contributed by atoms with Crippen LogP contribution in [-0.4, -0.2) is 21.3 Å². The minimum Gasteiger partial charge on any atom is -0.478 e. The van der Waals surface area contributed by atoms with Crippen molar-refractivity contribution in [2.24, 2.45) is 0 Å². The second-order valence-corrected chi connectivity index (χ2v) is 7.35. The fourth-order valence-electron chi connectivity index (χ4n) is 2.53. The van der Waals surface area contributed by atoms with Gasteiger partial charge >= 0.3 is 5.97 Å². The SMILES string of the molecule is CC(=C/c1ccccc1)/C=C1/SC(=S)N(c2cccc(C(=O)O)c2)C1=O. The van der Waals surface area contributed by atoms with E-state index in [4.69, 9.17) is 17.3 Å². The number of carbonyl (C=O) groups excluding carboxylic acids is 1. The Hall–Kier alpha value is -2.70. The average molecular weight is 381 g/mol. The molecule has 0 aliphatic carbocycles. The molecule has 0 atom stereocenters. The Morgan fingerprint density at radius 1 is 1.15 bits per heavy atom. The Morgan fingerprint density at radius 3 is 2.58 bits per heavy atom. The monoisotopic (exact) mass is 381 g/mol. The largest absolute Gasteiger partial charge is 0.478 e. The molecule has 0 radical (unpaired) electrons. The van der Waals surface area contributed by atoms with Crippen molar-refractivity contribution in [3.8, 4) is 0 Å². The van der Waals surface area contributed by atoms with Crippen molar-refractivity contribution in [1.82, 2.24) is 0 Å². The average Bonchev–Trinajstić information content (AvgIpc) is 2.89. The van der Waals surface area contributed by atoms with Crippen LogP contribution in [-0.2, 0) is 4.79 Å². The third kappa shape index (κ3) is 3.92. The molecule has 0 saturated carbocycles. The van der Waals surface area contributed by atoms with Crippen molar-refractivity contribution in [1.29, 1.82) is 0 Å². The molecule has 0 bridgehead atoms. The molecule has 0 aromatic heterocycles. The molecular formula is C20H15NO3S2. The lowest BCUT2D eigenvalue weighted by Gasteiger charge is -2.14. The van der Waals surface area contributed by atoms with E-state index in [0.29, 0.717) is 14.9 Å². The van der Waals surface area contributed by atoms with Gasteiger partial charge in [0.1, 0.15) is 0 Å². The number of carboxylic acid groups (broad SMARTS) is 1. The predicted molar refractivity (Wildman–Crippen MR) is 109 cm³/mol. The van der Waals surface area contributed by atoms with Crippen molar-refractivity contribution in [2.75, 3.05) is 4.90 Å². The van der Waals surface area contributed by atoms with E-state index in [-0.39, 0.29) is 11.5 Å². The normalized spacial score (nSPS) is 16.4. The number of hydrogen-bond acceptors (Lipinski definition) is 4. The lowest BCUT2D eigenvalue weighted by atomic mass is 10.1. The molecule has 2 aromatic rings. The van der Waals surface area contributed by atoms with Crippen molar-refractivity contribution in [3.05, 3.63) is 82.3 Å². The van der Waals surface area contributed by atoms with Crippen LogP contribution in [0.5, 0.6) is 0 Å². The summed E-state index contributed by atoms with van der Waals surface area (Å²) in [6, 6.07) is 16.0. The van der Waals surface area contributed by atoms with Gasteiger partial charge in [0.05, 0.1) is 16.2 Å². The van der Waals surface area contributed by atoms with E-state index >= 15 is 0 Å². The van der Waals surface area contributed by atoms with Gasteiger partial charge in [-0.3, -0.25) is 9.69 Å². The van der Waals surface area contributed by atoms with E-state index in [1.807, 2.05) is 43.3 Å². The Morgan fingerprint density at radius 2 is 1.88 bits per heavy atom. The van der Waals surface area contributed by atoms with E-state index < -0.39 is 5.97 Å². The van der Waals surface area contributed by atoms with Crippen LogP contribution in [0, 0.1) is 0 Å². The summed E-state index contributed by atoms with van der Waals surface area (Å²) in [5, 5.41) is 9.13. The number of hydrogen-bond donors (Lipinski definition) is 1. The summed E-state index contributed by atoms with van der Waals surface area (Å²) in [6.45, 7) is 1.92. The Labute approximate surface area is 160 Å². The number of nitrogens with zero attached hydrogens (tertiary/aromatic N) is 1. The molecule has 3 rings (SSSR count). The van der Waals surface area contributed by atoms with Gasteiger partial charge in [-0.1, -0.05) is 66.5 Å². The number of benzene rings is 2. The summed E-state index contributed by atoms with van der Waals surface area (Å²) in [4.78, 5) is 25.8. The van der Waals surface area contributed by atoms with Crippen LogP contribution in [0.3, 0.4) is 0 Å². The Kier molecular flexibility index (Phi) is 5.35. The molecule has 130 valence electrons. The number of carboxylic acids is 1. The van der Waals surface area contributed by atoms with E-state index in [1.165, 1.54) is 28.8 Å². The van der Waals surface area contributed by atoms with Crippen LogP contribution in [0.1, 0.15) is 22.8 Å². The van der Waals surface area contributed by atoms with Gasteiger partial charge in [0.15, 0.2) is 4.32 Å². The fraction of sp³-hybridized carbons (Fsp3) is 0.0500. The molecule has 0 spiro atoms. The van der Waals surface area contributed by atoms with Gasteiger partial charge in [-0.25, -0.2) is 4.79 Å². The van der Waals surface area contributed by atoms with Gasteiger partial charge in [-0.15, -0.1) is 0 Å². The minimum absolute atomic E-state index is 0.112. The molecule has 1 aliphatic rings. The maximum atomic E-state index is 12.8. The van der Waals surface area contributed by atoms with Gasteiger partial charge in [-0.2, -0.15) is 0 Å². The van der Waals surface area contributed by atoms with Crippen molar-refractivity contribution in [2.45, 2.75) is 6.92 Å². The molecule has 1 fully saturated rings. The summed E-state index contributed by atoms with van der Waals surface area (Å²) in [5.74, 6) is -1.29. The Balaban J connectivity index is 1.88. The third-order valence-electron chi connectivity index (χ3n) is 3.70. The van der Waals surface area contributed by atoms with Crippen LogP contribution in [0.15, 0.2) is 71.2 Å². The number of thioether (sulfide) groups is 1. The van der Waals surface area contributed by atoms with Crippen molar-refractivity contribution < 1.29 is 14.7 Å². The first-order valence-electron chi connectivity index (χ1n) is 7.80. The summed E-state index contributed by atoms with van der Waals surface area (Å²) < 4.78 is 0.385. The zero-order valence-corrected chi connectivity index (χ0v) is 15.5. The van der Waals surface area contributed by atoms with Crippen LogP contribution < -0.4 is 4.90 Å². The van der Waals surface area contributed by atoms with Gasteiger partial charge in [0.2, 0.25) is 0 Å². The number of anilines is 1. The van der Waals surface area contributed by atoms with E-state index in [9.17, 15) is 9.59 Å². The number of aromatic carboxylic acids is 1. The summed E-state index contributed by atoms with van der Waals surface area (Å²) in [6.07, 6.45) is 3.78. The maximum absolute atomic E-state index is 12.8. The minimum atomic E-state index is -1.05. The van der Waals surface area contributed by atoms with E-state index in [2.05, 4.69) is 0 Å². The van der Waals surface area contributed by atoms with Gasteiger partial charge in [0.25, 0.3) is 5.91 Å². The molecule has 1 amide bonds. The van der Waals surface area contributed by atoms with Crippen LogP contribution in [0.4, 0.5) is 5.69 Å². The smallest absolute Gasteiger partial charge is 0.335 e. The molecule has 1 heterocycles.